The molecule has 0 aliphatic carbocycles. The molecule has 2 aromatic carbocycles. The molecule has 0 atom stereocenters. The van der Waals surface area contributed by atoms with Crippen molar-refractivity contribution in [3.05, 3.63) is 59.2 Å². The van der Waals surface area contributed by atoms with Crippen molar-refractivity contribution in [3.8, 4) is 5.75 Å². The third-order valence-electron chi connectivity index (χ3n) is 4.03. The van der Waals surface area contributed by atoms with Crippen LogP contribution in [-0.4, -0.2) is 28.1 Å². The number of hydrogen-bond donors (Lipinski definition) is 2. The molecule has 0 saturated carbocycles. The van der Waals surface area contributed by atoms with E-state index < -0.39 is 16.1 Å². The van der Waals surface area contributed by atoms with Crippen molar-refractivity contribution in [1.82, 2.24) is 10.0 Å². The van der Waals surface area contributed by atoms with Crippen LogP contribution in [0.15, 0.2) is 47.4 Å². The number of nitrogens with one attached hydrogen (secondary N) is 2. The van der Waals surface area contributed by atoms with Gasteiger partial charge in [-0.2, -0.15) is 0 Å². The minimum atomic E-state index is -3.88. The van der Waals surface area contributed by atoms with Crippen molar-refractivity contribution in [2.24, 2.45) is 0 Å². The molecule has 0 bridgehead atoms. The lowest BCUT2D eigenvalue weighted by molar-refractivity contribution is 0.246. The predicted molar refractivity (Wildman–Crippen MR) is 101 cm³/mol. The van der Waals surface area contributed by atoms with Gasteiger partial charge in [-0.05, 0) is 55.2 Å². The third-order valence-corrected chi connectivity index (χ3v) is 5.38. The average Bonchev–Trinajstić information content (AvgIpc) is 2.61. The monoisotopic (exact) mass is 376 g/mol. The van der Waals surface area contributed by atoms with E-state index in [1.54, 1.807) is 19.2 Å². The fourth-order valence-electron chi connectivity index (χ4n) is 2.55. The summed E-state index contributed by atoms with van der Waals surface area (Å²) in [5, 5.41) is 2.59. The fourth-order valence-corrected chi connectivity index (χ4v) is 3.48. The molecule has 0 spiro atoms. The van der Waals surface area contributed by atoms with Gasteiger partial charge in [-0.15, -0.1) is 0 Å². The first-order valence-corrected chi connectivity index (χ1v) is 9.87. The van der Waals surface area contributed by atoms with Gasteiger partial charge in [-0.25, -0.2) is 17.9 Å². The Kier molecular flexibility index (Phi) is 6.63. The minimum absolute atomic E-state index is 0.0549. The van der Waals surface area contributed by atoms with Crippen LogP contribution >= 0.6 is 0 Å². The van der Waals surface area contributed by atoms with Crippen LogP contribution in [0.2, 0.25) is 0 Å². The van der Waals surface area contributed by atoms with E-state index >= 15 is 0 Å². The summed E-state index contributed by atoms with van der Waals surface area (Å²) >= 11 is 0. The average molecular weight is 376 g/mol. The highest BCUT2D eigenvalue weighted by molar-refractivity contribution is 7.90. The van der Waals surface area contributed by atoms with Crippen LogP contribution in [0.3, 0.4) is 0 Å². The standard InChI is InChI=1S/C19H24N2O4S/c1-4-15-7-8-17(25-3)13-16(15)11-12-20-19(22)21-26(23,24)18-9-5-14(2)6-10-18/h5-10,13H,4,11-12H2,1-3H3,(H2,20,21,22). The smallest absolute Gasteiger partial charge is 0.328 e. The topological polar surface area (TPSA) is 84.5 Å². The number of carbonyl (C=O) groups is 1. The molecule has 2 aromatic rings. The van der Waals surface area contributed by atoms with Gasteiger partial charge in [0.1, 0.15) is 5.75 Å². The Labute approximate surface area is 154 Å². The number of rotatable bonds is 7. The van der Waals surface area contributed by atoms with Crippen LogP contribution in [0.4, 0.5) is 4.79 Å². The number of urea groups is 1. The number of ether oxygens (including phenoxy) is 1. The molecule has 0 aromatic heterocycles. The van der Waals surface area contributed by atoms with Gasteiger partial charge in [0, 0.05) is 6.54 Å². The van der Waals surface area contributed by atoms with Crippen molar-refractivity contribution in [2.45, 2.75) is 31.6 Å². The third kappa shape index (κ3) is 5.23. The lowest BCUT2D eigenvalue weighted by Gasteiger charge is -2.12. The molecular formula is C19H24N2O4S. The predicted octanol–water partition coefficient (Wildman–Crippen LogP) is 2.80. The number of hydrogen-bond acceptors (Lipinski definition) is 4. The number of benzene rings is 2. The van der Waals surface area contributed by atoms with Crippen LogP contribution in [0.5, 0.6) is 5.75 Å². The molecule has 0 unspecified atom stereocenters. The molecule has 2 amide bonds. The van der Waals surface area contributed by atoms with E-state index in [9.17, 15) is 13.2 Å². The second kappa shape index (κ2) is 8.71. The Morgan fingerprint density at radius 2 is 1.77 bits per heavy atom. The van der Waals surface area contributed by atoms with Gasteiger partial charge in [0.15, 0.2) is 0 Å². The number of sulfonamides is 1. The van der Waals surface area contributed by atoms with E-state index in [2.05, 4.69) is 12.2 Å². The highest BCUT2D eigenvalue weighted by Crippen LogP contribution is 2.18. The van der Waals surface area contributed by atoms with Gasteiger partial charge in [0.25, 0.3) is 10.0 Å². The van der Waals surface area contributed by atoms with E-state index in [4.69, 9.17) is 4.74 Å². The molecule has 2 N–H and O–H groups in total. The Morgan fingerprint density at radius 1 is 1.08 bits per heavy atom. The molecule has 0 saturated heterocycles. The zero-order valence-electron chi connectivity index (χ0n) is 15.2. The molecule has 0 aliphatic heterocycles. The van der Waals surface area contributed by atoms with E-state index in [1.165, 1.54) is 17.7 Å². The Morgan fingerprint density at radius 3 is 2.38 bits per heavy atom. The highest BCUT2D eigenvalue weighted by Gasteiger charge is 2.17. The lowest BCUT2D eigenvalue weighted by atomic mass is 10.0. The van der Waals surface area contributed by atoms with Gasteiger partial charge in [0.2, 0.25) is 0 Å². The maximum atomic E-state index is 12.2. The number of carbonyl (C=O) groups excluding carboxylic acids is 1. The van der Waals surface area contributed by atoms with Crippen molar-refractivity contribution >= 4 is 16.1 Å². The normalized spacial score (nSPS) is 11.0. The SMILES string of the molecule is CCc1ccc(OC)cc1CCNC(=O)NS(=O)(=O)c1ccc(C)cc1. The second-order valence-electron chi connectivity index (χ2n) is 5.91. The second-order valence-corrected chi connectivity index (χ2v) is 7.60. The lowest BCUT2D eigenvalue weighted by Crippen LogP contribution is -2.40. The summed E-state index contributed by atoms with van der Waals surface area (Å²) in [5.41, 5.74) is 3.17. The Hall–Kier alpha value is -2.54. The quantitative estimate of drug-likeness (QED) is 0.778. The molecular weight excluding hydrogens is 352 g/mol. The Bertz CT molecular complexity index is 862. The van der Waals surface area contributed by atoms with E-state index in [-0.39, 0.29) is 4.90 Å². The summed E-state index contributed by atoms with van der Waals surface area (Å²) < 4.78 is 31.6. The first-order chi connectivity index (χ1) is 12.4. The summed E-state index contributed by atoms with van der Waals surface area (Å²) in [6, 6.07) is 11.4. The summed E-state index contributed by atoms with van der Waals surface area (Å²) in [4.78, 5) is 12.0. The maximum Gasteiger partial charge on any atom is 0.328 e. The zero-order valence-corrected chi connectivity index (χ0v) is 16.0. The largest absolute Gasteiger partial charge is 0.497 e. The number of amides is 2. The van der Waals surface area contributed by atoms with E-state index in [0.717, 1.165) is 23.3 Å². The minimum Gasteiger partial charge on any atom is -0.497 e. The van der Waals surface area contributed by atoms with Gasteiger partial charge in [-0.3, -0.25) is 0 Å². The van der Waals surface area contributed by atoms with Crippen LogP contribution < -0.4 is 14.8 Å². The number of aryl methyl sites for hydroxylation is 2. The molecule has 0 heterocycles. The number of methoxy groups -OCH3 is 1. The summed E-state index contributed by atoms with van der Waals surface area (Å²) in [7, 11) is -2.27. The van der Waals surface area contributed by atoms with Gasteiger partial charge < -0.3 is 10.1 Å². The summed E-state index contributed by atoms with van der Waals surface area (Å²) in [5.74, 6) is 0.753. The summed E-state index contributed by atoms with van der Waals surface area (Å²) in [6.07, 6.45) is 1.45. The molecule has 2 rings (SSSR count). The Balaban J connectivity index is 1.94. The molecule has 26 heavy (non-hydrogen) atoms. The van der Waals surface area contributed by atoms with Crippen LogP contribution in [0.1, 0.15) is 23.6 Å². The first kappa shape index (κ1) is 19.8. The molecule has 0 fully saturated rings. The van der Waals surface area contributed by atoms with Crippen molar-refractivity contribution in [2.75, 3.05) is 13.7 Å². The van der Waals surface area contributed by atoms with Crippen LogP contribution in [0.25, 0.3) is 0 Å². The molecule has 0 radical (unpaired) electrons. The fraction of sp³-hybridized carbons (Fsp3) is 0.316. The molecule has 6 nitrogen and oxygen atoms in total. The van der Waals surface area contributed by atoms with E-state index in [0.29, 0.717) is 13.0 Å². The molecule has 140 valence electrons. The van der Waals surface area contributed by atoms with Gasteiger partial charge in [-0.1, -0.05) is 30.7 Å². The maximum absolute atomic E-state index is 12.2. The van der Waals surface area contributed by atoms with Gasteiger partial charge >= 0.3 is 6.03 Å². The van der Waals surface area contributed by atoms with Crippen LogP contribution in [0, 0.1) is 6.92 Å². The van der Waals surface area contributed by atoms with Gasteiger partial charge in [0.05, 0.1) is 12.0 Å². The highest BCUT2D eigenvalue weighted by atomic mass is 32.2. The first-order valence-electron chi connectivity index (χ1n) is 8.39. The van der Waals surface area contributed by atoms with Crippen molar-refractivity contribution in [3.63, 3.8) is 0 Å². The zero-order chi connectivity index (χ0) is 19.2. The molecule has 0 aliphatic rings. The van der Waals surface area contributed by atoms with E-state index in [1.807, 2.05) is 29.8 Å². The van der Waals surface area contributed by atoms with Crippen molar-refractivity contribution < 1.29 is 17.9 Å². The summed E-state index contributed by atoms with van der Waals surface area (Å²) in [6.45, 7) is 4.23. The van der Waals surface area contributed by atoms with Crippen molar-refractivity contribution in [1.29, 1.82) is 0 Å². The van der Waals surface area contributed by atoms with Crippen LogP contribution in [-0.2, 0) is 22.9 Å². The molecule has 7 heteroatoms.